The lowest BCUT2D eigenvalue weighted by atomic mass is 9.77. The molecule has 2 rings (SSSR count). The first kappa shape index (κ1) is 38.4. The van der Waals surface area contributed by atoms with Crippen LogP contribution in [-0.2, 0) is 29.9 Å². The highest BCUT2D eigenvalue weighted by atomic mass is 16.7. The molecule has 0 saturated heterocycles. The highest BCUT2D eigenvalue weighted by Gasteiger charge is 2.33. The maximum Gasteiger partial charge on any atom is 0.314 e. The van der Waals surface area contributed by atoms with Crippen molar-refractivity contribution < 1.29 is 38.1 Å². The van der Waals surface area contributed by atoms with Gasteiger partial charge in [-0.2, -0.15) is 0 Å². The standard InChI is InChI=1S/C38H54O8/c1-14-21-42-31-26(17-20-29(39)25-15-18-27(19-16-25)43-23-45-33(40)37(8,9)10)22-28(35(2,3)4)32(30(31)36(5,6)7)44-24-46-34(41)38(11,12)13/h15-20,22H,14,21,23-24H2,1-13H3/b20-17+. The van der Waals surface area contributed by atoms with E-state index in [-0.39, 0.29) is 36.7 Å². The quantitative estimate of drug-likeness (QED) is 0.0985. The van der Waals surface area contributed by atoms with Gasteiger partial charge in [-0.25, -0.2) is 0 Å². The van der Waals surface area contributed by atoms with E-state index < -0.39 is 16.2 Å². The van der Waals surface area contributed by atoms with Crippen LogP contribution in [0.3, 0.4) is 0 Å². The average Bonchev–Trinajstić information content (AvgIpc) is 2.92. The molecule has 0 spiro atoms. The topological polar surface area (TPSA) is 97.4 Å². The molecule has 0 aliphatic carbocycles. The highest BCUT2D eigenvalue weighted by Crippen LogP contribution is 2.47. The zero-order valence-electron chi connectivity index (χ0n) is 30.1. The first-order valence-corrected chi connectivity index (χ1v) is 15.8. The van der Waals surface area contributed by atoms with Crippen LogP contribution in [0.2, 0.25) is 0 Å². The minimum Gasteiger partial charge on any atom is -0.493 e. The fourth-order valence-corrected chi connectivity index (χ4v) is 4.24. The fraction of sp³-hybridized carbons (Fsp3) is 0.553. The van der Waals surface area contributed by atoms with Crippen LogP contribution in [-0.4, -0.2) is 37.9 Å². The van der Waals surface area contributed by atoms with Crippen LogP contribution in [0.1, 0.15) is 123 Å². The van der Waals surface area contributed by atoms with E-state index in [0.29, 0.717) is 29.4 Å². The highest BCUT2D eigenvalue weighted by molar-refractivity contribution is 6.07. The summed E-state index contributed by atoms with van der Waals surface area (Å²) >= 11 is 0. The number of allylic oxidation sites excluding steroid dienone is 1. The van der Waals surface area contributed by atoms with Crippen LogP contribution in [0.15, 0.2) is 36.4 Å². The minimum absolute atomic E-state index is 0.198. The predicted molar refractivity (Wildman–Crippen MR) is 182 cm³/mol. The van der Waals surface area contributed by atoms with Crippen molar-refractivity contribution in [2.24, 2.45) is 10.8 Å². The summed E-state index contributed by atoms with van der Waals surface area (Å²) < 4.78 is 28.8. The van der Waals surface area contributed by atoms with E-state index in [9.17, 15) is 14.4 Å². The van der Waals surface area contributed by atoms with Gasteiger partial charge in [0.1, 0.15) is 17.2 Å². The van der Waals surface area contributed by atoms with Crippen molar-refractivity contribution >= 4 is 23.8 Å². The first-order chi connectivity index (χ1) is 21.1. The Bertz CT molecular complexity index is 1390. The Morgan fingerprint density at radius 3 is 1.65 bits per heavy atom. The molecule has 0 saturated carbocycles. The summed E-state index contributed by atoms with van der Waals surface area (Å²) in [6.45, 7) is 25.2. The van der Waals surface area contributed by atoms with Crippen LogP contribution >= 0.6 is 0 Å². The zero-order valence-corrected chi connectivity index (χ0v) is 30.1. The Labute approximate surface area is 275 Å². The van der Waals surface area contributed by atoms with Crippen LogP contribution in [0.25, 0.3) is 6.08 Å². The summed E-state index contributed by atoms with van der Waals surface area (Å²) in [5.74, 6) is 0.796. The lowest BCUT2D eigenvalue weighted by Gasteiger charge is -2.32. The number of rotatable bonds is 12. The molecule has 0 amide bonds. The summed E-state index contributed by atoms with van der Waals surface area (Å²) in [6.07, 6.45) is 4.09. The lowest BCUT2D eigenvalue weighted by Crippen LogP contribution is -2.26. The molecule has 0 fully saturated rings. The van der Waals surface area contributed by atoms with Crippen molar-refractivity contribution in [1.82, 2.24) is 0 Å². The van der Waals surface area contributed by atoms with Crippen molar-refractivity contribution in [3.8, 4) is 17.2 Å². The molecule has 0 heterocycles. The monoisotopic (exact) mass is 638 g/mol. The molecule has 8 heteroatoms. The van der Waals surface area contributed by atoms with E-state index in [1.165, 1.54) is 6.08 Å². The summed E-state index contributed by atoms with van der Waals surface area (Å²) in [4.78, 5) is 37.7. The molecule has 0 bridgehead atoms. The van der Waals surface area contributed by atoms with Crippen molar-refractivity contribution in [2.75, 3.05) is 20.2 Å². The molecular weight excluding hydrogens is 584 g/mol. The van der Waals surface area contributed by atoms with Crippen LogP contribution in [0, 0.1) is 10.8 Å². The molecule has 2 aromatic carbocycles. The van der Waals surface area contributed by atoms with Gasteiger partial charge in [-0.1, -0.05) is 48.5 Å². The molecule has 46 heavy (non-hydrogen) atoms. The molecule has 0 N–H and O–H groups in total. The zero-order chi connectivity index (χ0) is 35.1. The Morgan fingerprint density at radius 2 is 1.20 bits per heavy atom. The van der Waals surface area contributed by atoms with E-state index >= 15 is 0 Å². The van der Waals surface area contributed by atoms with E-state index in [1.807, 2.05) is 13.0 Å². The summed E-state index contributed by atoms with van der Waals surface area (Å²) in [6, 6.07) is 8.64. The molecular formula is C38H54O8. The van der Waals surface area contributed by atoms with Crippen molar-refractivity contribution in [2.45, 2.75) is 107 Å². The van der Waals surface area contributed by atoms with E-state index in [2.05, 4.69) is 41.5 Å². The van der Waals surface area contributed by atoms with Gasteiger partial charge >= 0.3 is 11.9 Å². The van der Waals surface area contributed by atoms with Gasteiger partial charge in [0.15, 0.2) is 5.78 Å². The van der Waals surface area contributed by atoms with Gasteiger partial charge < -0.3 is 23.7 Å². The van der Waals surface area contributed by atoms with E-state index in [0.717, 1.165) is 23.1 Å². The largest absolute Gasteiger partial charge is 0.493 e. The van der Waals surface area contributed by atoms with Gasteiger partial charge in [0, 0.05) is 22.3 Å². The lowest BCUT2D eigenvalue weighted by molar-refractivity contribution is -0.160. The van der Waals surface area contributed by atoms with Crippen LogP contribution in [0.5, 0.6) is 17.2 Å². The second-order valence-corrected chi connectivity index (χ2v) is 15.5. The Morgan fingerprint density at radius 1 is 0.674 bits per heavy atom. The number of hydrogen-bond donors (Lipinski definition) is 0. The normalized spacial score (nSPS) is 12.5. The smallest absolute Gasteiger partial charge is 0.314 e. The second-order valence-electron chi connectivity index (χ2n) is 15.5. The third-order valence-electron chi connectivity index (χ3n) is 6.86. The van der Waals surface area contributed by atoms with Gasteiger partial charge in [0.05, 0.1) is 17.4 Å². The predicted octanol–water partition coefficient (Wildman–Crippen LogP) is 8.82. The number of hydrogen-bond acceptors (Lipinski definition) is 8. The van der Waals surface area contributed by atoms with Gasteiger partial charge in [-0.05, 0) is 101 Å². The van der Waals surface area contributed by atoms with Crippen LogP contribution in [0.4, 0.5) is 0 Å². The number of carbonyl (C=O) groups excluding carboxylic acids is 3. The molecule has 0 aliphatic rings. The van der Waals surface area contributed by atoms with E-state index in [4.69, 9.17) is 23.7 Å². The number of ketones is 1. The molecule has 0 radical (unpaired) electrons. The fourth-order valence-electron chi connectivity index (χ4n) is 4.24. The van der Waals surface area contributed by atoms with Gasteiger partial charge in [0.2, 0.25) is 13.6 Å². The molecule has 254 valence electrons. The first-order valence-electron chi connectivity index (χ1n) is 15.8. The molecule has 0 aromatic heterocycles. The van der Waals surface area contributed by atoms with Gasteiger partial charge in [0.25, 0.3) is 0 Å². The maximum atomic E-state index is 13.3. The third-order valence-corrected chi connectivity index (χ3v) is 6.86. The van der Waals surface area contributed by atoms with Crippen molar-refractivity contribution in [3.63, 3.8) is 0 Å². The van der Waals surface area contributed by atoms with Crippen molar-refractivity contribution in [1.29, 1.82) is 0 Å². The second kappa shape index (κ2) is 15.2. The van der Waals surface area contributed by atoms with Crippen molar-refractivity contribution in [3.05, 3.63) is 58.7 Å². The average molecular weight is 639 g/mol. The van der Waals surface area contributed by atoms with E-state index in [1.54, 1.807) is 71.9 Å². The summed E-state index contributed by atoms with van der Waals surface area (Å²) in [5, 5.41) is 0. The summed E-state index contributed by atoms with van der Waals surface area (Å²) in [5.41, 5.74) is 0.898. The maximum absolute atomic E-state index is 13.3. The Hall–Kier alpha value is -3.81. The van der Waals surface area contributed by atoms with Gasteiger partial charge in [-0.3, -0.25) is 14.4 Å². The number of benzene rings is 2. The Balaban J connectivity index is 2.48. The Kier molecular flexibility index (Phi) is 12.7. The SMILES string of the molecule is CCCOc1c(/C=C/C(=O)c2ccc(OCOC(=O)C(C)(C)C)cc2)cc(C(C)(C)C)c(OCOC(=O)C(C)(C)C)c1C(C)(C)C. The minimum atomic E-state index is -0.659. The number of ether oxygens (including phenoxy) is 5. The third kappa shape index (κ3) is 10.9. The molecule has 0 atom stereocenters. The van der Waals surface area contributed by atoms with Gasteiger partial charge in [-0.15, -0.1) is 0 Å². The molecule has 2 aromatic rings. The number of carbonyl (C=O) groups is 3. The molecule has 0 unspecified atom stereocenters. The molecule has 0 aliphatic heterocycles. The summed E-state index contributed by atoms with van der Waals surface area (Å²) in [7, 11) is 0. The number of esters is 2. The van der Waals surface area contributed by atoms with Crippen LogP contribution < -0.4 is 14.2 Å². The molecule has 8 nitrogen and oxygen atoms in total.